The molecule has 3 rings (SSSR count). The molecule has 1 amide bonds. The van der Waals surface area contributed by atoms with Crippen LogP contribution in [0.4, 0.5) is 4.39 Å². The largest absolute Gasteiger partial charge is 0.380 e. The summed E-state index contributed by atoms with van der Waals surface area (Å²) >= 11 is 1.54. The fraction of sp³-hybridized carbons (Fsp3) is 0.412. The molecule has 1 saturated heterocycles. The molecule has 122 valence electrons. The molecule has 0 bridgehead atoms. The summed E-state index contributed by atoms with van der Waals surface area (Å²) in [5.41, 5.74) is 1.52. The van der Waals surface area contributed by atoms with Gasteiger partial charge in [0.05, 0.1) is 23.7 Å². The van der Waals surface area contributed by atoms with Gasteiger partial charge in [-0.05, 0) is 31.0 Å². The molecule has 1 N–H and O–H groups in total. The number of thiazole rings is 1. The lowest BCUT2D eigenvalue weighted by Crippen LogP contribution is -2.41. The van der Waals surface area contributed by atoms with Crippen molar-refractivity contribution in [1.82, 2.24) is 10.3 Å². The standard InChI is InChI=1S/C17H19FN2O2S/c1-12-20-15(9-23-12)8-16(21)19-10-17(6-7-22-11-17)13-2-4-14(18)5-3-13/h2-5,9H,6-8,10-11H2,1H3,(H,19,21)/t17-/m1/s1. The third kappa shape index (κ3) is 3.76. The van der Waals surface area contributed by atoms with E-state index < -0.39 is 0 Å². The summed E-state index contributed by atoms with van der Waals surface area (Å²) in [6.45, 7) is 3.60. The van der Waals surface area contributed by atoms with Crippen molar-refractivity contribution in [1.29, 1.82) is 0 Å². The van der Waals surface area contributed by atoms with Crippen LogP contribution in [0.2, 0.25) is 0 Å². The summed E-state index contributed by atoms with van der Waals surface area (Å²) in [5.74, 6) is -0.311. The second kappa shape index (κ2) is 6.76. The fourth-order valence-corrected chi connectivity index (χ4v) is 3.48. The first-order valence-electron chi connectivity index (χ1n) is 7.59. The van der Waals surface area contributed by atoms with Crippen molar-refractivity contribution in [3.63, 3.8) is 0 Å². The fourth-order valence-electron chi connectivity index (χ4n) is 2.86. The molecule has 1 aliphatic rings. The van der Waals surface area contributed by atoms with Gasteiger partial charge < -0.3 is 10.1 Å². The van der Waals surface area contributed by atoms with Gasteiger partial charge in [0.15, 0.2) is 0 Å². The number of nitrogens with zero attached hydrogens (tertiary/aromatic N) is 1. The number of benzene rings is 1. The van der Waals surface area contributed by atoms with Gasteiger partial charge in [-0.15, -0.1) is 11.3 Å². The van der Waals surface area contributed by atoms with Crippen LogP contribution in [0.1, 0.15) is 22.7 Å². The van der Waals surface area contributed by atoms with Crippen LogP contribution in [-0.4, -0.2) is 30.6 Å². The van der Waals surface area contributed by atoms with Gasteiger partial charge in [0.1, 0.15) is 5.82 Å². The summed E-state index contributed by atoms with van der Waals surface area (Å²) in [6.07, 6.45) is 1.10. The highest BCUT2D eigenvalue weighted by atomic mass is 32.1. The predicted octanol–water partition coefficient (Wildman–Crippen LogP) is 2.61. The topological polar surface area (TPSA) is 51.2 Å². The van der Waals surface area contributed by atoms with Crippen LogP contribution in [0.3, 0.4) is 0 Å². The Labute approximate surface area is 138 Å². The van der Waals surface area contributed by atoms with Gasteiger partial charge >= 0.3 is 0 Å². The maximum absolute atomic E-state index is 13.1. The minimum Gasteiger partial charge on any atom is -0.380 e. The summed E-state index contributed by atoms with van der Waals surface area (Å²) < 4.78 is 18.7. The maximum atomic E-state index is 13.1. The Morgan fingerprint density at radius 2 is 2.22 bits per heavy atom. The molecule has 1 fully saturated rings. The van der Waals surface area contributed by atoms with E-state index in [0.29, 0.717) is 19.8 Å². The zero-order valence-corrected chi connectivity index (χ0v) is 13.8. The first-order valence-corrected chi connectivity index (χ1v) is 8.47. The number of hydrogen-bond acceptors (Lipinski definition) is 4. The van der Waals surface area contributed by atoms with E-state index in [1.54, 1.807) is 23.5 Å². The van der Waals surface area contributed by atoms with E-state index in [2.05, 4.69) is 10.3 Å². The molecule has 23 heavy (non-hydrogen) atoms. The Morgan fingerprint density at radius 3 is 2.83 bits per heavy atom. The smallest absolute Gasteiger partial charge is 0.226 e. The Kier molecular flexibility index (Phi) is 4.73. The number of hydrogen-bond donors (Lipinski definition) is 1. The molecule has 0 spiro atoms. The molecule has 1 aliphatic heterocycles. The molecule has 0 radical (unpaired) electrons. The Hall–Kier alpha value is -1.79. The first-order chi connectivity index (χ1) is 11.1. The predicted molar refractivity (Wildman–Crippen MR) is 87.1 cm³/mol. The van der Waals surface area contributed by atoms with Gasteiger partial charge in [-0.25, -0.2) is 9.37 Å². The van der Waals surface area contributed by atoms with E-state index >= 15 is 0 Å². The minimum absolute atomic E-state index is 0.0521. The number of amides is 1. The number of ether oxygens (including phenoxy) is 1. The van der Waals surface area contributed by atoms with Crippen LogP contribution >= 0.6 is 11.3 Å². The number of carbonyl (C=O) groups excluding carboxylic acids is 1. The number of aryl methyl sites for hydroxylation is 1. The van der Waals surface area contributed by atoms with E-state index in [1.165, 1.54) is 12.1 Å². The number of nitrogens with one attached hydrogen (secondary N) is 1. The van der Waals surface area contributed by atoms with Crippen LogP contribution in [0.5, 0.6) is 0 Å². The van der Waals surface area contributed by atoms with E-state index in [9.17, 15) is 9.18 Å². The third-order valence-corrected chi connectivity index (χ3v) is 5.01. The van der Waals surface area contributed by atoms with Crippen LogP contribution in [0.15, 0.2) is 29.6 Å². The van der Waals surface area contributed by atoms with E-state index in [1.807, 2.05) is 12.3 Å². The van der Waals surface area contributed by atoms with Crippen molar-refractivity contribution in [2.45, 2.75) is 25.2 Å². The highest BCUT2D eigenvalue weighted by Crippen LogP contribution is 2.32. The number of rotatable bonds is 5. The SMILES string of the molecule is Cc1nc(CC(=O)NC[C@]2(c3ccc(F)cc3)CCOC2)cs1. The molecule has 0 unspecified atom stereocenters. The summed E-state index contributed by atoms with van der Waals surface area (Å²) in [6, 6.07) is 6.46. The van der Waals surface area contributed by atoms with Crippen molar-refractivity contribution in [2.75, 3.05) is 19.8 Å². The Balaban J connectivity index is 1.65. The molecule has 4 nitrogen and oxygen atoms in total. The Morgan fingerprint density at radius 1 is 1.43 bits per heavy atom. The molecule has 1 aromatic heterocycles. The first kappa shape index (κ1) is 16.1. The average Bonchev–Trinajstić information content (AvgIpc) is 3.16. The third-order valence-electron chi connectivity index (χ3n) is 4.19. The van der Waals surface area contributed by atoms with Crippen molar-refractivity contribution >= 4 is 17.2 Å². The Bertz CT molecular complexity index is 678. The summed E-state index contributed by atoms with van der Waals surface area (Å²) in [5, 5.41) is 5.85. The zero-order chi connectivity index (χ0) is 16.3. The van der Waals surface area contributed by atoms with Crippen molar-refractivity contribution in [2.24, 2.45) is 0 Å². The lowest BCUT2D eigenvalue weighted by Gasteiger charge is -2.28. The van der Waals surface area contributed by atoms with Crippen LogP contribution in [0.25, 0.3) is 0 Å². The van der Waals surface area contributed by atoms with Gasteiger partial charge in [0.25, 0.3) is 0 Å². The highest BCUT2D eigenvalue weighted by molar-refractivity contribution is 7.09. The molecule has 1 atom stereocenters. The molecule has 0 aliphatic carbocycles. The molecule has 2 aromatic rings. The molecular weight excluding hydrogens is 315 g/mol. The van der Waals surface area contributed by atoms with E-state index in [-0.39, 0.29) is 23.6 Å². The van der Waals surface area contributed by atoms with E-state index in [4.69, 9.17) is 4.74 Å². The van der Waals surface area contributed by atoms with Gasteiger partial charge in [-0.3, -0.25) is 4.79 Å². The number of aromatic nitrogens is 1. The monoisotopic (exact) mass is 334 g/mol. The molecule has 6 heteroatoms. The highest BCUT2D eigenvalue weighted by Gasteiger charge is 2.37. The number of halogens is 1. The quantitative estimate of drug-likeness (QED) is 0.914. The number of carbonyl (C=O) groups is 1. The van der Waals surface area contributed by atoms with Gasteiger partial charge in [0.2, 0.25) is 5.91 Å². The van der Waals surface area contributed by atoms with Gasteiger partial charge in [-0.2, -0.15) is 0 Å². The zero-order valence-electron chi connectivity index (χ0n) is 13.0. The van der Waals surface area contributed by atoms with Gasteiger partial charge in [-0.1, -0.05) is 12.1 Å². The average molecular weight is 334 g/mol. The molecular formula is C17H19FN2O2S. The lowest BCUT2D eigenvalue weighted by atomic mass is 9.79. The van der Waals surface area contributed by atoms with Crippen molar-refractivity contribution < 1.29 is 13.9 Å². The summed E-state index contributed by atoms with van der Waals surface area (Å²) in [4.78, 5) is 16.5. The molecule has 1 aromatic carbocycles. The minimum atomic E-state index is -0.276. The van der Waals surface area contributed by atoms with Crippen LogP contribution in [0, 0.1) is 12.7 Å². The second-order valence-corrected chi connectivity index (χ2v) is 6.96. The van der Waals surface area contributed by atoms with Crippen LogP contribution in [-0.2, 0) is 21.4 Å². The lowest BCUT2D eigenvalue weighted by molar-refractivity contribution is -0.120. The van der Waals surface area contributed by atoms with Crippen LogP contribution < -0.4 is 5.32 Å². The summed E-state index contributed by atoms with van der Waals surface area (Å²) in [7, 11) is 0. The second-order valence-electron chi connectivity index (χ2n) is 5.90. The van der Waals surface area contributed by atoms with E-state index in [0.717, 1.165) is 22.7 Å². The van der Waals surface area contributed by atoms with Gasteiger partial charge in [0, 0.05) is 23.9 Å². The molecule has 2 heterocycles. The van der Waals surface area contributed by atoms with Crippen molar-refractivity contribution in [3.8, 4) is 0 Å². The normalized spacial score (nSPS) is 20.6. The van der Waals surface area contributed by atoms with Crippen molar-refractivity contribution in [3.05, 3.63) is 51.7 Å². The molecule has 0 saturated carbocycles. The maximum Gasteiger partial charge on any atom is 0.226 e.